The summed E-state index contributed by atoms with van der Waals surface area (Å²) in [6.07, 6.45) is -0.998. The Labute approximate surface area is 189 Å². The van der Waals surface area contributed by atoms with E-state index < -0.39 is 24.0 Å². The van der Waals surface area contributed by atoms with Crippen LogP contribution < -0.4 is 14.7 Å². The van der Waals surface area contributed by atoms with Crippen LogP contribution in [-0.2, 0) is 14.4 Å². The van der Waals surface area contributed by atoms with Gasteiger partial charge in [-0.1, -0.05) is 35.9 Å². The van der Waals surface area contributed by atoms with E-state index in [1.165, 1.54) is 7.11 Å². The maximum absolute atomic E-state index is 13.6. The third-order valence-electron chi connectivity index (χ3n) is 5.76. The molecule has 0 bridgehead atoms. The number of hydrogen-bond donors (Lipinski definition) is 1. The summed E-state index contributed by atoms with van der Waals surface area (Å²) in [5.41, 5.74) is 1.77. The maximum atomic E-state index is 13.6. The Balaban J connectivity index is 1.59. The van der Waals surface area contributed by atoms with Crippen LogP contribution in [0, 0.1) is 5.92 Å². The van der Waals surface area contributed by atoms with Gasteiger partial charge in [-0.3, -0.25) is 14.4 Å². The van der Waals surface area contributed by atoms with Crippen LogP contribution in [0.3, 0.4) is 0 Å². The number of rotatable bonds is 4. The van der Waals surface area contributed by atoms with E-state index in [2.05, 4.69) is 0 Å². The topological polar surface area (TPSA) is 79.3 Å². The molecule has 2 fully saturated rings. The van der Waals surface area contributed by atoms with E-state index in [-0.39, 0.29) is 11.7 Å². The van der Waals surface area contributed by atoms with Crippen LogP contribution >= 0.6 is 11.6 Å². The summed E-state index contributed by atoms with van der Waals surface area (Å²) >= 11 is 6.03. The lowest BCUT2D eigenvalue weighted by molar-refractivity contribution is -0.126. The molecule has 0 aromatic heterocycles. The van der Waals surface area contributed by atoms with Gasteiger partial charge >= 0.3 is 0 Å². The minimum Gasteiger partial charge on any atom is -0.508 e. The molecule has 0 unspecified atom stereocenters. The summed E-state index contributed by atoms with van der Waals surface area (Å²) in [4.78, 5) is 34.2. The van der Waals surface area contributed by atoms with Crippen LogP contribution in [0.25, 0.3) is 0 Å². The second kappa shape index (κ2) is 7.85. The predicted molar refractivity (Wildman–Crippen MR) is 119 cm³/mol. The van der Waals surface area contributed by atoms with Crippen molar-refractivity contribution in [3.8, 4) is 11.5 Å². The number of anilines is 2. The Hall–Kier alpha value is -3.55. The number of carbonyl (C=O) groups excluding carboxylic acids is 2. The van der Waals surface area contributed by atoms with Crippen molar-refractivity contribution in [2.24, 2.45) is 5.92 Å². The summed E-state index contributed by atoms with van der Waals surface area (Å²) in [6.45, 7) is 0. The van der Waals surface area contributed by atoms with E-state index >= 15 is 0 Å². The SMILES string of the molecule is COc1ccccc1N1C(=O)[C@H]2[C@@H](ON(c3ccc(Cl)cc3)[C@H]2c2ccc(O)cc2)C1=O. The molecule has 5 rings (SSSR count). The van der Waals surface area contributed by atoms with Crippen molar-refractivity contribution in [1.29, 1.82) is 0 Å². The number of hydrogen-bond acceptors (Lipinski definition) is 6. The number of hydroxylamine groups is 1. The molecule has 3 atom stereocenters. The van der Waals surface area contributed by atoms with E-state index in [1.54, 1.807) is 77.9 Å². The Morgan fingerprint density at radius 3 is 2.31 bits per heavy atom. The maximum Gasteiger partial charge on any atom is 0.266 e. The average Bonchev–Trinajstić information content (AvgIpc) is 3.31. The van der Waals surface area contributed by atoms with Crippen LogP contribution in [-0.4, -0.2) is 30.1 Å². The molecule has 0 radical (unpaired) electrons. The number of imide groups is 1. The molecule has 0 saturated carbocycles. The number of nitrogens with zero attached hydrogens (tertiary/aromatic N) is 2. The van der Waals surface area contributed by atoms with Crippen LogP contribution in [0.5, 0.6) is 11.5 Å². The quantitative estimate of drug-likeness (QED) is 0.603. The molecule has 162 valence electrons. The summed E-state index contributed by atoms with van der Waals surface area (Å²) in [5, 5.41) is 11.9. The van der Waals surface area contributed by atoms with Crippen molar-refractivity contribution in [3.05, 3.63) is 83.4 Å². The first-order chi connectivity index (χ1) is 15.5. The van der Waals surface area contributed by atoms with Crippen molar-refractivity contribution in [3.63, 3.8) is 0 Å². The fourth-order valence-electron chi connectivity index (χ4n) is 4.29. The Bertz CT molecular complexity index is 1180. The van der Waals surface area contributed by atoms with Crippen molar-refractivity contribution in [2.75, 3.05) is 17.1 Å². The minimum absolute atomic E-state index is 0.103. The number of halogens is 1. The number of carbonyl (C=O) groups is 2. The van der Waals surface area contributed by atoms with E-state index in [0.29, 0.717) is 22.1 Å². The molecule has 7 nitrogen and oxygen atoms in total. The number of phenolic OH excluding ortho intramolecular Hbond substituents is 1. The number of aromatic hydroxyl groups is 1. The molecule has 3 aromatic rings. The first-order valence-corrected chi connectivity index (χ1v) is 10.4. The monoisotopic (exact) mass is 450 g/mol. The van der Waals surface area contributed by atoms with Gasteiger partial charge in [0.15, 0.2) is 6.10 Å². The highest BCUT2D eigenvalue weighted by atomic mass is 35.5. The fourth-order valence-corrected chi connectivity index (χ4v) is 4.41. The standard InChI is InChI=1S/C24H19ClN2O5/c1-31-19-5-3-2-4-18(19)26-23(29)20-21(14-6-12-17(28)13-7-14)27(32-22(20)24(26)30)16-10-8-15(25)9-11-16/h2-13,20-22,28H,1H3/t20-,21+,22-/m1/s1. The lowest BCUT2D eigenvalue weighted by atomic mass is 9.90. The van der Waals surface area contributed by atoms with Gasteiger partial charge in [0, 0.05) is 5.02 Å². The number of amides is 2. The molecule has 0 aliphatic carbocycles. The molecular formula is C24H19ClN2O5. The van der Waals surface area contributed by atoms with Gasteiger partial charge < -0.3 is 9.84 Å². The van der Waals surface area contributed by atoms with E-state index in [9.17, 15) is 14.7 Å². The molecule has 2 amide bonds. The number of ether oxygens (including phenoxy) is 1. The Morgan fingerprint density at radius 2 is 1.62 bits per heavy atom. The lowest BCUT2D eigenvalue weighted by Gasteiger charge is -2.29. The fraction of sp³-hybridized carbons (Fsp3) is 0.167. The zero-order valence-corrected chi connectivity index (χ0v) is 17.8. The number of para-hydroxylation sites is 2. The largest absolute Gasteiger partial charge is 0.508 e. The predicted octanol–water partition coefficient (Wildman–Crippen LogP) is 4.11. The second-order valence-corrected chi connectivity index (χ2v) is 8.01. The van der Waals surface area contributed by atoms with Crippen LogP contribution in [0.2, 0.25) is 5.02 Å². The normalized spacial score (nSPS) is 22.4. The summed E-state index contributed by atoms with van der Waals surface area (Å²) < 4.78 is 5.37. The zero-order valence-electron chi connectivity index (χ0n) is 17.0. The number of methoxy groups -OCH3 is 1. The molecular weight excluding hydrogens is 432 g/mol. The highest BCUT2D eigenvalue weighted by molar-refractivity contribution is 6.30. The number of phenols is 1. The average molecular weight is 451 g/mol. The first kappa shape index (κ1) is 20.4. The Morgan fingerprint density at radius 1 is 0.938 bits per heavy atom. The summed E-state index contributed by atoms with van der Waals surface area (Å²) in [5.74, 6) is -1.09. The zero-order chi connectivity index (χ0) is 22.4. The molecule has 2 heterocycles. The van der Waals surface area contributed by atoms with Crippen molar-refractivity contribution >= 4 is 34.8 Å². The van der Waals surface area contributed by atoms with E-state index in [0.717, 1.165) is 10.5 Å². The summed E-state index contributed by atoms with van der Waals surface area (Å²) in [6, 6.07) is 19.8. The van der Waals surface area contributed by atoms with E-state index in [1.807, 2.05) is 0 Å². The minimum atomic E-state index is -0.998. The molecule has 2 aliphatic heterocycles. The molecule has 32 heavy (non-hydrogen) atoms. The molecule has 2 saturated heterocycles. The molecule has 3 aromatic carbocycles. The van der Waals surface area contributed by atoms with Gasteiger partial charge in [0.25, 0.3) is 5.91 Å². The van der Waals surface area contributed by atoms with Gasteiger partial charge in [0.2, 0.25) is 5.91 Å². The van der Waals surface area contributed by atoms with E-state index in [4.69, 9.17) is 21.2 Å². The van der Waals surface area contributed by atoms with Crippen molar-refractivity contribution < 1.29 is 24.3 Å². The lowest BCUT2D eigenvalue weighted by Crippen LogP contribution is -2.37. The third-order valence-corrected chi connectivity index (χ3v) is 6.01. The molecule has 8 heteroatoms. The van der Waals surface area contributed by atoms with Crippen molar-refractivity contribution in [2.45, 2.75) is 12.1 Å². The van der Waals surface area contributed by atoms with Gasteiger partial charge in [-0.25, -0.2) is 9.96 Å². The molecule has 0 spiro atoms. The van der Waals surface area contributed by atoms with Crippen LogP contribution in [0.4, 0.5) is 11.4 Å². The van der Waals surface area contributed by atoms with Crippen molar-refractivity contribution in [1.82, 2.24) is 0 Å². The van der Waals surface area contributed by atoms with Gasteiger partial charge in [-0.2, -0.15) is 0 Å². The van der Waals surface area contributed by atoms with Crippen LogP contribution in [0.1, 0.15) is 11.6 Å². The molecule has 2 aliphatic rings. The summed E-state index contributed by atoms with van der Waals surface area (Å²) in [7, 11) is 1.49. The highest BCUT2D eigenvalue weighted by Gasteiger charge is 2.60. The van der Waals surface area contributed by atoms with Gasteiger partial charge in [0.1, 0.15) is 17.4 Å². The second-order valence-electron chi connectivity index (χ2n) is 7.57. The third kappa shape index (κ3) is 3.18. The first-order valence-electron chi connectivity index (χ1n) is 10.0. The van der Waals surface area contributed by atoms with Gasteiger partial charge in [0.05, 0.1) is 24.5 Å². The smallest absolute Gasteiger partial charge is 0.266 e. The van der Waals surface area contributed by atoms with Gasteiger partial charge in [-0.05, 0) is 54.1 Å². The highest BCUT2D eigenvalue weighted by Crippen LogP contribution is 2.48. The number of fused-ring (bicyclic) bond motifs is 1. The molecule has 1 N–H and O–H groups in total. The number of benzene rings is 3. The Kier molecular flexibility index (Phi) is 5.00. The van der Waals surface area contributed by atoms with Gasteiger partial charge in [-0.15, -0.1) is 0 Å². The van der Waals surface area contributed by atoms with Crippen LogP contribution in [0.15, 0.2) is 72.8 Å².